The first-order valence-electron chi connectivity index (χ1n) is 9.90. The van der Waals surface area contributed by atoms with Crippen molar-refractivity contribution in [2.45, 2.75) is 51.4 Å². The van der Waals surface area contributed by atoms with Crippen LogP contribution in [0.15, 0.2) is 24.3 Å². The summed E-state index contributed by atoms with van der Waals surface area (Å²) in [5.41, 5.74) is 3.10. The molecule has 1 fully saturated rings. The molecule has 2 aliphatic heterocycles. The van der Waals surface area contributed by atoms with Gasteiger partial charge in [0, 0.05) is 30.8 Å². The second-order valence-corrected chi connectivity index (χ2v) is 10.5. The lowest BCUT2D eigenvalue weighted by Crippen LogP contribution is -2.45. The number of nitrogens with zero attached hydrogens (tertiary/aromatic N) is 1. The van der Waals surface area contributed by atoms with Crippen LogP contribution >= 0.6 is 0 Å². The van der Waals surface area contributed by atoms with Crippen molar-refractivity contribution in [3.8, 4) is 0 Å². The van der Waals surface area contributed by atoms with Crippen molar-refractivity contribution in [1.29, 1.82) is 0 Å². The number of nitrogens with one attached hydrogen (secondary N) is 2. The number of ether oxygens (including phenoxy) is 1. The van der Waals surface area contributed by atoms with Gasteiger partial charge < -0.3 is 9.57 Å². The molecular formula is C20H28FN3O6S. The number of hydrogen-bond donors (Lipinski definition) is 2. The third-order valence-corrected chi connectivity index (χ3v) is 5.49. The molecule has 1 spiro atoms. The van der Waals surface area contributed by atoms with Crippen molar-refractivity contribution in [2.24, 2.45) is 0 Å². The van der Waals surface area contributed by atoms with Crippen molar-refractivity contribution < 1.29 is 32.0 Å². The van der Waals surface area contributed by atoms with Gasteiger partial charge in [0.1, 0.15) is 17.0 Å². The molecule has 1 aromatic carbocycles. The summed E-state index contributed by atoms with van der Waals surface area (Å²) in [5, 5.41) is 1.54. The number of hydrogen-bond acceptors (Lipinski definition) is 8. The Morgan fingerprint density at radius 2 is 2.00 bits per heavy atom. The van der Waals surface area contributed by atoms with E-state index < -0.39 is 33.2 Å². The Morgan fingerprint density at radius 3 is 2.58 bits per heavy atom. The first-order valence-corrected chi connectivity index (χ1v) is 11.8. The monoisotopic (exact) mass is 457 g/mol. The van der Waals surface area contributed by atoms with Crippen LogP contribution in [0.25, 0.3) is 5.70 Å². The van der Waals surface area contributed by atoms with Gasteiger partial charge in [0.2, 0.25) is 10.0 Å². The molecule has 0 bridgehead atoms. The Kier molecular flexibility index (Phi) is 6.61. The summed E-state index contributed by atoms with van der Waals surface area (Å²) < 4.78 is 44.2. The Morgan fingerprint density at radius 1 is 1.32 bits per heavy atom. The highest BCUT2D eigenvalue weighted by Gasteiger charge is 2.40. The molecule has 0 aliphatic carbocycles. The summed E-state index contributed by atoms with van der Waals surface area (Å²) in [6.07, 6.45) is 3.30. The predicted molar refractivity (Wildman–Crippen MR) is 111 cm³/mol. The molecule has 0 saturated carbocycles. The fourth-order valence-corrected chi connectivity index (χ4v) is 3.68. The topological polar surface area (TPSA) is 106 Å². The molecule has 31 heavy (non-hydrogen) atoms. The summed E-state index contributed by atoms with van der Waals surface area (Å²) in [7, 11) is -3.41. The molecule has 2 aliphatic rings. The normalized spacial score (nSPS) is 19.1. The molecule has 1 saturated heterocycles. The van der Waals surface area contributed by atoms with Crippen LogP contribution < -0.4 is 10.2 Å². The third kappa shape index (κ3) is 6.63. The van der Waals surface area contributed by atoms with Crippen molar-refractivity contribution >= 4 is 21.9 Å². The number of sulfonamides is 1. The summed E-state index contributed by atoms with van der Waals surface area (Å²) in [5.74, 6) is -0.516. The van der Waals surface area contributed by atoms with Crippen molar-refractivity contribution in [1.82, 2.24) is 15.3 Å². The summed E-state index contributed by atoms with van der Waals surface area (Å²) in [4.78, 5) is 22.8. The molecular weight excluding hydrogens is 429 g/mol. The van der Waals surface area contributed by atoms with E-state index in [1.165, 1.54) is 17.2 Å². The van der Waals surface area contributed by atoms with Crippen LogP contribution in [0.1, 0.15) is 44.7 Å². The van der Waals surface area contributed by atoms with Gasteiger partial charge in [-0.2, -0.15) is 0 Å². The minimum atomic E-state index is -3.41. The van der Waals surface area contributed by atoms with E-state index in [-0.39, 0.29) is 12.1 Å². The first-order chi connectivity index (χ1) is 14.3. The van der Waals surface area contributed by atoms with E-state index in [0.29, 0.717) is 37.2 Å². The average molecular weight is 458 g/mol. The van der Waals surface area contributed by atoms with Gasteiger partial charge in [0.05, 0.1) is 12.0 Å². The van der Waals surface area contributed by atoms with Crippen LogP contribution in [0.5, 0.6) is 0 Å². The van der Waals surface area contributed by atoms with E-state index in [1.54, 1.807) is 26.8 Å². The minimum absolute atomic E-state index is 0.120. The predicted octanol–water partition coefficient (Wildman–Crippen LogP) is 2.45. The van der Waals surface area contributed by atoms with E-state index >= 15 is 0 Å². The fourth-order valence-electron chi connectivity index (χ4n) is 3.26. The van der Waals surface area contributed by atoms with Gasteiger partial charge in [-0.25, -0.2) is 22.3 Å². The molecule has 0 unspecified atom stereocenters. The Labute approximate surface area is 181 Å². The zero-order valence-corrected chi connectivity index (χ0v) is 18.8. The van der Waals surface area contributed by atoms with Gasteiger partial charge in [-0.05, 0) is 45.8 Å². The SMILES string of the molecule is CC(C)(C)OC(=O)ON1CCC2(C=C(c3ccc(CNS(C)(=O)=O)c(F)c3)NO2)CC1. The minimum Gasteiger partial charge on any atom is -0.427 e. The number of carbonyl (C=O) groups excluding carboxylic acids is 1. The zero-order chi connectivity index (χ0) is 22.9. The van der Waals surface area contributed by atoms with Crippen LogP contribution in [0.3, 0.4) is 0 Å². The van der Waals surface area contributed by atoms with Crippen LogP contribution in [0, 0.1) is 5.82 Å². The van der Waals surface area contributed by atoms with E-state index in [0.717, 1.165) is 6.26 Å². The lowest BCUT2D eigenvalue weighted by Gasteiger charge is -2.35. The Bertz CT molecular complexity index is 966. The van der Waals surface area contributed by atoms with Gasteiger partial charge in [-0.1, -0.05) is 12.1 Å². The number of piperidine rings is 1. The average Bonchev–Trinajstić information content (AvgIpc) is 3.04. The van der Waals surface area contributed by atoms with Gasteiger partial charge in [-0.15, -0.1) is 5.06 Å². The number of rotatable bonds is 5. The molecule has 9 nitrogen and oxygen atoms in total. The third-order valence-electron chi connectivity index (χ3n) is 4.82. The molecule has 0 amide bonds. The summed E-state index contributed by atoms with van der Waals surface area (Å²) >= 11 is 0. The quantitative estimate of drug-likeness (QED) is 0.650. The summed E-state index contributed by atoms with van der Waals surface area (Å²) in [6, 6.07) is 4.57. The maximum Gasteiger partial charge on any atom is 0.528 e. The Balaban J connectivity index is 1.60. The molecule has 172 valence electrons. The van der Waals surface area contributed by atoms with Gasteiger partial charge >= 0.3 is 6.16 Å². The maximum atomic E-state index is 14.4. The molecule has 3 rings (SSSR count). The van der Waals surface area contributed by atoms with Crippen LogP contribution in [0.2, 0.25) is 0 Å². The van der Waals surface area contributed by atoms with E-state index in [9.17, 15) is 17.6 Å². The number of benzene rings is 1. The second kappa shape index (κ2) is 8.73. The lowest BCUT2D eigenvalue weighted by atomic mass is 9.91. The first kappa shape index (κ1) is 23.5. The molecule has 1 aromatic rings. The van der Waals surface area contributed by atoms with Crippen molar-refractivity contribution in [3.05, 3.63) is 41.2 Å². The molecule has 0 atom stereocenters. The van der Waals surface area contributed by atoms with E-state index in [2.05, 4.69) is 10.2 Å². The van der Waals surface area contributed by atoms with Gasteiger partial charge in [0.15, 0.2) is 0 Å². The van der Waals surface area contributed by atoms with Crippen LogP contribution in [-0.4, -0.2) is 50.2 Å². The number of halogens is 1. The zero-order valence-electron chi connectivity index (χ0n) is 18.0. The molecule has 2 N–H and O–H groups in total. The van der Waals surface area contributed by atoms with Gasteiger partial charge in [-0.3, -0.25) is 10.3 Å². The van der Waals surface area contributed by atoms with Gasteiger partial charge in [0.25, 0.3) is 0 Å². The van der Waals surface area contributed by atoms with Crippen LogP contribution in [-0.2, 0) is 31.0 Å². The van der Waals surface area contributed by atoms with E-state index in [4.69, 9.17) is 14.4 Å². The number of carbonyl (C=O) groups is 1. The number of hydroxylamine groups is 3. The molecule has 0 aromatic heterocycles. The second-order valence-electron chi connectivity index (χ2n) is 8.71. The largest absolute Gasteiger partial charge is 0.528 e. The fraction of sp³-hybridized carbons (Fsp3) is 0.550. The van der Waals surface area contributed by atoms with Crippen molar-refractivity contribution in [2.75, 3.05) is 19.3 Å². The highest BCUT2D eigenvalue weighted by molar-refractivity contribution is 7.88. The summed E-state index contributed by atoms with van der Waals surface area (Å²) in [6.45, 7) is 6.08. The molecule has 11 heteroatoms. The highest BCUT2D eigenvalue weighted by atomic mass is 32.2. The smallest absolute Gasteiger partial charge is 0.427 e. The molecule has 2 heterocycles. The Hall–Kier alpha value is -2.21. The molecule has 0 radical (unpaired) electrons. The van der Waals surface area contributed by atoms with Crippen molar-refractivity contribution in [3.63, 3.8) is 0 Å². The lowest BCUT2D eigenvalue weighted by molar-refractivity contribution is -0.179. The maximum absolute atomic E-state index is 14.4. The van der Waals surface area contributed by atoms with E-state index in [1.807, 2.05) is 6.08 Å². The van der Waals surface area contributed by atoms with Crippen LogP contribution in [0.4, 0.5) is 9.18 Å². The standard InChI is InChI=1S/C20H28FN3O6S/c1-19(2,3)28-18(25)29-24-9-7-20(8-10-24)12-17(23-30-20)14-5-6-15(16(21)11-14)13-22-31(4,26)27/h5-6,11-12,22-23H,7-10,13H2,1-4H3. The highest BCUT2D eigenvalue weighted by Crippen LogP contribution is 2.35.